The van der Waals surface area contributed by atoms with E-state index < -0.39 is 0 Å². The van der Waals surface area contributed by atoms with Crippen LogP contribution in [0.5, 0.6) is 0 Å². The zero-order valence-electron chi connectivity index (χ0n) is 9.88. The quantitative estimate of drug-likeness (QED) is 0.710. The molecule has 0 radical (unpaired) electrons. The Morgan fingerprint density at radius 2 is 2.21 bits per heavy atom. The Bertz CT molecular complexity index is 149. The van der Waals surface area contributed by atoms with Crippen LogP contribution in [-0.4, -0.2) is 25.8 Å². The van der Waals surface area contributed by atoms with E-state index in [4.69, 9.17) is 4.74 Å². The second-order valence-electron chi connectivity index (χ2n) is 4.53. The lowest BCUT2D eigenvalue weighted by molar-refractivity contribution is 0.0912. The van der Waals surface area contributed by atoms with E-state index in [1.54, 1.807) is 0 Å². The van der Waals surface area contributed by atoms with Crippen LogP contribution < -0.4 is 5.32 Å². The predicted octanol–water partition coefficient (Wildman–Crippen LogP) is 2.58. The highest BCUT2D eigenvalue weighted by Crippen LogP contribution is 2.29. The molecule has 1 rings (SSSR count). The first kappa shape index (κ1) is 12.0. The van der Waals surface area contributed by atoms with Crippen molar-refractivity contribution < 1.29 is 4.74 Å². The molecule has 3 atom stereocenters. The van der Waals surface area contributed by atoms with Gasteiger partial charge in [0.15, 0.2) is 0 Å². The number of ether oxygens (including phenoxy) is 1. The molecule has 1 N–H and O–H groups in total. The van der Waals surface area contributed by atoms with Crippen molar-refractivity contribution in [1.29, 1.82) is 0 Å². The van der Waals surface area contributed by atoms with E-state index in [1.807, 2.05) is 7.11 Å². The third-order valence-electron chi connectivity index (χ3n) is 3.35. The van der Waals surface area contributed by atoms with Crippen molar-refractivity contribution in [3.8, 4) is 0 Å². The van der Waals surface area contributed by atoms with Gasteiger partial charge in [-0.2, -0.15) is 0 Å². The number of methoxy groups -OCH3 is 1. The summed E-state index contributed by atoms with van der Waals surface area (Å²) in [5, 5.41) is 3.66. The van der Waals surface area contributed by atoms with Gasteiger partial charge in [-0.25, -0.2) is 0 Å². The predicted molar refractivity (Wildman–Crippen MR) is 60.5 cm³/mol. The fourth-order valence-electron chi connectivity index (χ4n) is 2.44. The normalized spacial score (nSPS) is 29.4. The molecule has 0 aromatic carbocycles. The molecule has 0 amide bonds. The highest BCUT2D eigenvalue weighted by Gasteiger charge is 2.27. The summed E-state index contributed by atoms with van der Waals surface area (Å²) in [6.45, 7) is 5.58. The van der Waals surface area contributed by atoms with Crippen molar-refractivity contribution in [3.63, 3.8) is 0 Å². The van der Waals surface area contributed by atoms with Crippen LogP contribution >= 0.6 is 0 Å². The minimum Gasteiger partial charge on any atom is -0.382 e. The lowest BCUT2D eigenvalue weighted by atomic mass is 9.96. The van der Waals surface area contributed by atoms with Gasteiger partial charge in [-0.15, -0.1) is 0 Å². The van der Waals surface area contributed by atoms with Crippen molar-refractivity contribution in [2.75, 3.05) is 13.7 Å². The van der Waals surface area contributed by atoms with E-state index in [2.05, 4.69) is 19.2 Å². The monoisotopic (exact) mass is 199 g/mol. The van der Waals surface area contributed by atoms with Gasteiger partial charge < -0.3 is 10.1 Å². The van der Waals surface area contributed by atoms with Gasteiger partial charge in [-0.3, -0.25) is 0 Å². The van der Waals surface area contributed by atoms with Crippen LogP contribution in [0.3, 0.4) is 0 Å². The Morgan fingerprint density at radius 1 is 1.43 bits per heavy atom. The molecular weight excluding hydrogens is 174 g/mol. The lowest BCUT2D eigenvalue weighted by Gasteiger charge is -2.23. The summed E-state index contributed by atoms with van der Waals surface area (Å²) < 4.78 is 5.34. The first-order valence-electron chi connectivity index (χ1n) is 6.04. The minimum absolute atomic E-state index is 0.420. The number of rotatable bonds is 6. The summed E-state index contributed by atoms with van der Waals surface area (Å²) in [5.41, 5.74) is 0. The maximum Gasteiger partial charge on any atom is 0.0546 e. The Morgan fingerprint density at radius 3 is 2.86 bits per heavy atom. The molecule has 0 spiro atoms. The third kappa shape index (κ3) is 3.58. The molecule has 0 aliphatic heterocycles. The molecule has 0 heterocycles. The molecule has 84 valence electrons. The van der Waals surface area contributed by atoms with Crippen molar-refractivity contribution in [1.82, 2.24) is 5.32 Å². The Hall–Kier alpha value is -0.0800. The summed E-state index contributed by atoms with van der Waals surface area (Å²) in [6.07, 6.45) is 7.02. The Balaban J connectivity index is 2.27. The fraction of sp³-hybridized carbons (Fsp3) is 1.00. The van der Waals surface area contributed by atoms with E-state index in [9.17, 15) is 0 Å². The van der Waals surface area contributed by atoms with Crippen molar-refractivity contribution in [2.45, 2.75) is 58.1 Å². The van der Waals surface area contributed by atoms with E-state index in [0.717, 1.165) is 12.0 Å². The summed E-state index contributed by atoms with van der Waals surface area (Å²) in [6, 6.07) is 0.757. The minimum atomic E-state index is 0.420. The van der Waals surface area contributed by atoms with Gasteiger partial charge in [-0.05, 0) is 45.1 Å². The molecule has 0 bridgehead atoms. The summed E-state index contributed by atoms with van der Waals surface area (Å²) >= 11 is 0. The molecule has 3 unspecified atom stereocenters. The molecule has 0 aromatic heterocycles. The topological polar surface area (TPSA) is 21.3 Å². The molecule has 1 saturated carbocycles. The van der Waals surface area contributed by atoms with E-state index in [-0.39, 0.29) is 0 Å². The maximum atomic E-state index is 5.34. The zero-order valence-corrected chi connectivity index (χ0v) is 9.88. The second-order valence-corrected chi connectivity index (χ2v) is 4.53. The van der Waals surface area contributed by atoms with Crippen LogP contribution in [0, 0.1) is 5.92 Å². The largest absolute Gasteiger partial charge is 0.382 e. The molecule has 0 saturated heterocycles. The lowest BCUT2D eigenvalue weighted by Crippen LogP contribution is -2.34. The molecular formula is C12H25NO. The maximum absolute atomic E-state index is 5.34. The van der Waals surface area contributed by atoms with E-state index >= 15 is 0 Å². The average Bonchev–Trinajstić information content (AvgIpc) is 2.62. The molecule has 1 aliphatic carbocycles. The second kappa shape index (κ2) is 6.41. The van der Waals surface area contributed by atoms with Crippen molar-refractivity contribution >= 4 is 0 Å². The van der Waals surface area contributed by atoms with Gasteiger partial charge in [0.25, 0.3) is 0 Å². The van der Waals surface area contributed by atoms with Gasteiger partial charge in [0.2, 0.25) is 0 Å². The highest BCUT2D eigenvalue weighted by atomic mass is 16.5. The molecule has 14 heavy (non-hydrogen) atoms. The van der Waals surface area contributed by atoms with Gasteiger partial charge in [0, 0.05) is 13.2 Å². The first-order chi connectivity index (χ1) is 6.77. The molecule has 2 heteroatoms. The zero-order chi connectivity index (χ0) is 10.4. The number of hydrogen-bond donors (Lipinski definition) is 1. The van der Waals surface area contributed by atoms with Crippen LogP contribution in [0.25, 0.3) is 0 Å². The van der Waals surface area contributed by atoms with E-state index in [0.29, 0.717) is 6.10 Å². The number of nitrogens with one attached hydrogen (secondary N) is 1. The third-order valence-corrected chi connectivity index (χ3v) is 3.35. The standard InChI is InChI=1S/C12H25NO/c1-4-8-13-12-7-5-6-11(12)9-10(2)14-3/h10-13H,4-9H2,1-3H3. The van der Waals surface area contributed by atoms with Gasteiger partial charge >= 0.3 is 0 Å². The first-order valence-corrected chi connectivity index (χ1v) is 6.04. The van der Waals surface area contributed by atoms with Gasteiger partial charge in [-0.1, -0.05) is 13.3 Å². The smallest absolute Gasteiger partial charge is 0.0546 e. The van der Waals surface area contributed by atoms with Crippen molar-refractivity contribution in [2.24, 2.45) is 5.92 Å². The average molecular weight is 199 g/mol. The molecule has 0 aromatic rings. The highest BCUT2D eigenvalue weighted by molar-refractivity contribution is 4.84. The van der Waals surface area contributed by atoms with Gasteiger partial charge in [0.1, 0.15) is 0 Å². The van der Waals surface area contributed by atoms with Crippen LogP contribution in [0.4, 0.5) is 0 Å². The SMILES string of the molecule is CCCNC1CCCC1CC(C)OC. The molecule has 1 fully saturated rings. The van der Waals surface area contributed by atoms with Crippen LogP contribution in [0.2, 0.25) is 0 Å². The summed E-state index contributed by atoms with van der Waals surface area (Å²) in [5.74, 6) is 0.844. The summed E-state index contributed by atoms with van der Waals surface area (Å²) in [4.78, 5) is 0. The van der Waals surface area contributed by atoms with Crippen LogP contribution in [-0.2, 0) is 4.74 Å². The summed E-state index contributed by atoms with van der Waals surface area (Å²) in [7, 11) is 1.81. The van der Waals surface area contributed by atoms with E-state index in [1.165, 1.54) is 38.6 Å². The van der Waals surface area contributed by atoms with Crippen LogP contribution in [0.15, 0.2) is 0 Å². The van der Waals surface area contributed by atoms with Crippen LogP contribution in [0.1, 0.15) is 46.0 Å². The molecule has 2 nitrogen and oxygen atoms in total. The number of hydrogen-bond acceptors (Lipinski definition) is 2. The van der Waals surface area contributed by atoms with Gasteiger partial charge in [0.05, 0.1) is 6.10 Å². The molecule has 1 aliphatic rings. The Labute approximate surface area is 88.4 Å². The van der Waals surface area contributed by atoms with Crippen molar-refractivity contribution in [3.05, 3.63) is 0 Å². The fourth-order valence-corrected chi connectivity index (χ4v) is 2.44. The Kier molecular flexibility index (Phi) is 5.49.